The Labute approximate surface area is 201 Å². The second-order valence-electron chi connectivity index (χ2n) is 8.46. The van der Waals surface area contributed by atoms with Gasteiger partial charge in [-0.05, 0) is 35.2 Å². The van der Waals surface area contributed by atoms with E-state index in [-0.39, 0.29) is 18.2 Å². The van der Waals surface area contributed by atoms with Gasteiger partial charge in [0.05, 0.1) is 28.8 Å². The summed E-state index contributed by atoms with van der Waals surface area (Å²) < 4.78 is 5.93. The summed E-state index contributed by atoms with van der Waals surface area (Å²) in [5.74, 6) is 0.0867. The Hall–Kier alpha value is -4.71. The SMILES string of the molecule is O=C1CC(=O)N(c2cnc3cc(OCc4ccccc4)ccc3c2)c2ccc3ccccc3c2N1. The van der Waals surface area contributed by atoms with Gasteiger partial charge < -0.3 is 10.1 Å². The van der Waals surface area contributed by atoms with E-state index in [4.69, 9.17) is 4.74 Å². The molecule has 0 atom stereocenters. The van der Waals surface area contributed by atoms with Crippen LogP contribution in [0.5, 0.6) is 5.75 Å². The number of benzene rings is 4. The highest BCUT2D eigenvalue weighted by molar-refractivity contribution is 6.21. The maximum absolute atomic E-state index is 13.2. The summed E-state index contributed by atoms with van der Waals surface area (Å²) in [6.45, 7) is 0.471. The number of fused-ring (bicyclic) bond motifs is 4. The van der Waals surface area contributed by atoms with Gasteiger partial charge in [-0.1, -0.05) is 60.7 Å². The number of carbonyl (C=O) groups is 2. The predicted octanol–water partition coefficient (Wildman–Crippen LogP) is 5.97. The van der Waals surface area contributed by atoms with E-state index in [0.29, 0.717) is 23.7 Å². The van der Waals surface area contributed by atoms with Crippen molar-refractivity contribution in [1.82, 2.24) is 4.98 Å². The summed E-state index contributed by atoms with van der Waals surface area (Å²) in [5.41, 5.74) is 3.71. The third-order valence-corrected chi connectivity index (χ3v) is 6.12. The van der Waals surface area contributed by atoms with E-state index < -0.39 is 0 Å². The van der Waals surface area contributed by atoms with Crippen LogP contribution < -0.4 is 15.0 Å². The Morgan fingerprint density at radius 2 is 1.66 bits per heavy atom. The molecule has 1 aliphatic rings. The Kier molecular flexibility index (Phi) is 5.11. The number of amides is 2. The Morgan fingerprint density at radius 1 is 0.857 bits per heavy atom. The molecular weight excluding hydrogens is 438 g/mol. The summed E-state index contributed by atoms with van der Waals surface area (Å²) in [6, 6.07) is 29.2. The van der Waals surface area contributed by atoms with Gasteiger partial charge in [-0.2, -0.15) is 0 Å². The van der Waals surface area contributed by atoms with Crippen molar-refractivity contribution < 1.29 is 14.3 Å². The lowest BCUT2D eigenvalue weighted by molar-refractivity contribution is -0.124. The molecule has 1 aliphatic heterocycles. The second kappa shape index (κ2) is 8.57. The van der Waals surface area contributed by atoms with Gasteiger partial charge in [0.25, 0.3) is 0 Å². The van der Waals surface area contributed by atoms with Crippen molar-refractivity contribution in [2.75, 3.05) is 10.2 Å². The van der Waals surface area contributed by atoms with Crippen LogP contribution in [0.3, 0.4) is 0 Å². The van der Waals surface area contributed by atoms with E-state index in [0.717, 1.165) is 33.0 Å². The fourth-order valence-corrected chi connectivity index (χ4v) is 4.44. The van der Waals surface area contributed by atoms with Crippen LogP contribution in [-0.2, 0) is 16.2 Å². The second-order valence-corrected chi connectivity index (χ2v) is 8.46. The van der Waals surface area contributed by atoms with Gasteiger partial charge in [0.1, 0.15) is 18.8 Å². The number of pyridine rings is 1. The highest BCUT2D eigenvalue weighted by Gasteiger charge is 2.29. The number of rotatable bonds is 4. The maximum atomic E-state index is 13.2. The molecule has 0 saturated heterocycles. The van der Waals surface area contributed by atoms with Crippen molar-refractivity contribution >= 4 is 50.6 Å². The third-order valence-electron chi connectivity index (χ3n) is 6.12. The number of aromatic nitrogens is 1. The van der Waals surface area contributed by atoms with Gasteiger partial charge in [-0.15, -0.1) is 0 Å². The van der Waals surface area contributed by atoms with E-state index >= 15 is 0 Å². The fourth-order valence-electron chi connectivity index (χ4n) is 4.44. The molecule has 2 heterocycles. The molecule has 4 aromatic carbocycles. The maximum Gasteiger partial charge on any atom is 0.241 e. The van der Waals surface area contributed by atoms with Crippen molar-refractivity contribution in [1.29, 1.82) is 0 Å². The van der Waals surface area contributed by atoms with Crippen molar-refractivity contribution in [3.05, 3.63) is 103 Å². The van der Waals surface area contributed by atoms with Gasteiger partial charge in [-0.25, -0.2) is 0 Å². The van der Waals surface area contributed by atoms with Gasteiger partial charge >= 0.3 is 0 Å². The molecular formula is C29H21N3O3. The van der Waals surface area contributed by atoms with E-state index in [1.54, 1.807) is 11.1 Å². The normalized spacial score (nSPS) is 13.4. The van der Waals surface area contributed by atoms with Crippen molar-refractivity contribution in [2.45, 2.75) is 13.0 Å². The summed E-state index contributed by atoms with van der Waals surface area (Å²) in [7, 11) is 0. The first-order chi connectivity index (χ1) is 17.2. The van der Waals surface area contributed by atoms with Crippen molar-refractivity contribution in [2.24, 2.45) is 0 Å². The molecule has 6 nitrogen and oxygen atoms in total. The molecule has 1 N–H and O–H groups in total. The van der Waals surface area contributed by atoms with Crippen LogP contribution in [0, 0.1) is 0 Å². The van der Waals surface area contributed by atoms with E-state index in [2.05, 4.69) is 10.3 Å². The molecule has 6 rings (SSSR count). The lowest BCUT2D eigenvalue weighted by Crippen LogP contribution is -2.26. The van der Waals surface area contributed by atoms with Crippen LogP contribution in [0.2, 0.25) is 0 Å². The minimum absolute atomic E-state index is 0.243. The number of carbonyl (C=O) groups excluding carboxylic acids is 2. The molecule has 6 heteroatoms. The molecule has 5 aromatic rings. The molecule has 2 amide bonds. The number of nitrogens with zero attached hydrogens (tertiary/aromatic N) is 2. The summed E-state index contributed by atoms with van der Waals surface area (Å²) in [6.07, 6.45) is 1.42. The molecule has 1 aromatic heterocycles. The van der Waals surface area contributed by atoms with Gasteiger partial charge in [0.2, 0.25) is 11.8 Å². The molecule has 0 saturated carbocycles. The average Bonchev–Trinajstić information content (AvgIpc) is 3.02. The highest BCUT2D eigenvalue weighted by Crippen LogP contribution is 2.40. The zero-order chi connectivity index (χ0) is 23.8. The first-order valence-electron chi connectivity index (χ1n) is 11.4. The van der Waals surface area contributed by atoms with Crippen molar-refractivity contribution in [3.63, 3.8) is 0 Å². The first-order valence-corrected chi connectivity index (χ1v) is 11.4. The molecule has 0 unspecified atom stereocenters. The molecule has 0 fully saturated rings. The molecule has 0 spiro atoms. The standard InChI is InChI=1S/C29H21N3O3/c33-27-16-28(34)32(26-13-11-20-8-4-5-9-24(20)29(26)31-27)22-14-21-10-12-23(15-25(21)30-17-22)35-18-19-6-2-1-3-7-19/h1-15,17H,16,18H2,(H,31,33). The summed E-state index contributed by atoms with van der Waals surface area (Å²) in [4.78, 5) is 31.8. The van der Waals surface area contributed by atoms with E-state index in [1.165, 1.54) is 0 Å². The number of hydrogen-bond acceptors (Lipinski definition) is 4. The minimum Gasteiger partial charge on any atom is -0.489 e. The topological polar surface area (TPSA) is 71.5 Å². The summed E-state index contributed by atoms with van der Waals surface area (Å²) in [5, 5.41) is 5.67. The van der Waals surface area contributed by atoms with Gasteiger partial charge in [0.15, 0.2) is 0 Å². The van der Waals surface area contributed by atoms with Crippen LogP contribution in [0.4, 0.5) is 17.1 Å². The first kappa shape index (κ1) is 20.9. The van der Waals surface area contributed by atoms with Crippen LogP contribution in [0.25, 0.3) is 21.7 Å². The zero-order valence-electron chi connectivity index (χ0n) is 18.8. The van der Waals surface area contributed by atoms with Crippen LogP contribution >= 0.6 is 0 Å². The lowest BCUT2D eigenvalue weighted by atomic mass is 10.1. The monoisotopic (exact) mass is 459 g/mol. The molecule has 35 heavy (non-hydrogen) atoms. The number of anilines is 3. The fraction of sp³-hybridized carbons (Fsp3) is 0.0690. The minimum atomic E-state index is -0.330. The lowest BCUT2D eigenvalue weighted by Gasteiger charge is -2.23. The van der Waals surface area contributed by atoms with E-state index in [1.807, 2.05) is 91.0 Å². The zero-order valence-corrected chi connectivity index (χ0v) is 18.8. The van der Waals surface area contributed by atoms with Crippen LogP contribution in [0.15, 0.2) is 97.2 Å². The van der Waals surface area contributed by atoms with E-state index in [9.17, 15) is 9.59 Å². The Morgan fingerprint density at radius 3 is 2.54 bits per heavy atom. The van der Waals surface area contributed by atoms with Crippen LogP contribution in [0.1, 0.15) is 12.0 Å². The van der Waals surface area contributed by atoms with Crippen molar-refractivity contribution in [3.8, 4) is 5.75 Å². The Balaban J connectivity index is 1.37. The Bertz CT molecular complexity index is 1600. The smallest absolute Gasteiger partial charge is 0.241 e. The quantitative estimate of drug-likeness (QED) is 0.336. The highest BCUT2D eigenvalue weighted by atomic mass is 16.5. The van der Waals surface area contributed by atoms with Gasteiger partial charge in [0, 0.05) is 16.8 Å². The van der Waals surface area contributed by atoms with Gasteiger partial charge in [-0.3, -0.25) is 19.5 Å². The average molecular weight is 460 g/mol. The largest absolute Gasteiger partial charge is 0.489 e. The number of ether oxygens (including phenoxy) is 1. The number of hydrogen-bond donors (Lipinski definition) is 1. The summed E-state index contributed by atoms with van der Waals surface area (Å²) >= 11 is 0. The number of nitrogens with one attached hydrogen (secondary N) is 1. The molecule has 0 aliphatic carbocycles. The predicted molar refractivity (Wildman–Crippen MR) is 137 cm³/mol. The molecule has 170 valence electrons. The third kappa shape index (κ3) is 3.95. The molecule has 0 radical (unpaired) electrons. The van der Waals surface area contributed by atoms with Crippen LogP contribution in [-0.4, -0.2) is 16.8 Å². The molecule has 0 bridgehead atoms.